The zero-order valence-corrected chi connectivity index (χ0v) is 14.3. The molecule has 5 heteroatoms. The van der Waals surface area contributed by atoms with Gasteiger partial charge in [0.2, 0.25) is 0 Å². The van der Waals surface area contributed by atoms with Crippen LogP contribution in [-0.2, 0) is 0 Å². The molecule has 0 bridgehead atoms. The van der Waals surface area contributed by atoms with Crippen LogP contribution in [0.1, 0.15) is 17.2 Å². The Balaban J connectivity index is 2.10. The molecule has 0 aliphatic carbocycles. The van der Waals surface area contributed by atoms with Crippen molar-refractivity contribution in [3.8, 4) is 0 Å². The van der Waals surface area contributed by atoms with Crippen molar-refractivity contribution in [2.24, 2.45) is 0 Å². The Bertz CT molecular complexity index is 654. The van der Waals surface area contributed by atoms with Gasteiger partial charge in [-0.1, -0.05) is 65.1 Å². The van der Waals surface area contributed by atoms with Crippen LogP contribution < -0.4 is 5.32 Å². The lowest BCUT2D eigenvalue weighted by molar-refractivity contribution is 0.198. The van der Waals surface area contributed by atoms with E-state index in [4.69, 9.17) is 34.8 Å². The largest absolute Gasteiger partial charge is 0.314 e. The quantitative estimate of drug-likeness (QED) is 0.862. The summed E-state index contributed by atoms with van der Waals surface area (Å²) in [6, 6.07) is 13.7. The second-order valence-corrected chi connectivity index (χ2v) is 6.55. The maximum Gasteiger partial charge on any atom is 0.0643 e. The van der Waals surface area contributed by atoms with E-state index < -0.39 is 0 Å². The van der Waals surface area contributed by atoms with Gasteiger partial charge in [0.1, 0.15) is 0 Å². The lowest BCUT2D eigenvalue weighted by Gasteiger charge is -2.36. The van der Waals surface area contributed by atoms with E-state index in [0.29, 0.717) is 10.0 Å². The fourth-order valence-electron chi connectivity index (χ4n) is 2.93. The highest BCUT2D eigenvalue weighted by Gasteiger charge is 2.27. The van der Waals surface area contributed by atoms with Crippen molar-refractivity contribution >= 4 is 34.8 Å². The molecule has 1 heterocycles. The number of hydrogen-bond acceptors (Lipinski definition) is 2. The SMILES string of the molecule is Clc1ccccc1C(c1cccc(Cl)c1Cl)N1CCNCC1. The molecule has 1 saturated heterocycles. The topological polar surface area (TPSA) is 15.3 Å². The first-order valence-corrected chi connectivity index (χ1v) is 8.45. The average Bonchev–Trinajstić information content (AvgIpc) is 2.54. The van der Waals surface area contributed by atoms with Gasteiger partial charge in [0.15, 0.2) is 0 Å². The van der Waals surface area contributed by atoms with Gasteiger partial charge in [-0.05, 0) is 23.3 Å². The summed E-state index contributed by atoms with van der Waals surface area (Å²) in [4.78, 5) is 2.40. The van der Waals surface area contributed by atoms with E-state index in [-0.39, 0.29) is 6.04 Å². The molecule has 3 rings (SSSR count). The Kier molecular flexibility index (Phi) is 5.27. The van der Waals surface area contributed by atoms with Crippen LogP contribution in [0, 0.1) is 0 Å². The number of nitrogens with one attached hydrogen (secondary N) is 1. The molecule has 0 amide bonds. The highest BCUT2D eigenvalue weighted by molar-refractivity contribution is 6.42. The summed E-state index contributed by atoms with van der Waals surface area (Å²) in [5, 5.41) is 5.31. The number of hydrogen-bond donors (Lipinski definition) is 1. The summed E-state index contributed by atoms with van der Waals surface area (Å²) < 4.78 is 0. The Morgan fingerprint density at radius 3 is 2.18 bits per heavy atom. The summed E-state index contributed by atoms with van der Waals surface area (Å²) in [5.74, 6) is 0. The highest BCUT2D eigenvalue weighted by atomic mass is 35.5. The average molecular weight is 356 g/mol. The van der Waals surface area contributed by atoms with E-state index >= 15 is 0 Å². The van der Waals surface area contributed by atoms with Gasteiger partial charge in [-0.3, -0.25) is 4.90 Å². The molecule has 2 aromatic rings. The van der Waals surface area contributed by atoms with Crippen molar-refractivity contribution < 1.29 is 0 Å². The van der Waals surface area contributed by atoms with Crippen LogP contribution in [0.2, 0.25) is 15.1 Å². The molecule has 1 fully saturated rings. The number of benzene rings is 2. The normalized spacial score (nSPS) is 17.4. The minimum atomic E-state index is 0.0157. The first kappa shape index (κ1) is 16.1. The highest BCUT2D eigenvalue weighted by Crippen LogP contribution is 2.39. The predicted octanol–water partition coefficient (Wildman–Crippen LogP) is 4.64. The zero-order chi connectivity index (χ0) is 15.5. The van der Waals surface area contributed by atoms with Crippen molar-refractivity contribution in [3.63, 3.8) is 0 Å². The van der Waals surface area contributed by atoms with Crippen LogP contribution in [0.25, 0.3) is 0 Å². The smallest absolute Gasteiger partial charge is 0.0643 e. The standard InChI is InChI=1S/C17H17Cl3N2/c18-14-6-2-1-4-12(14)17(22-10-8-21-9-11-22)13-5-3-7-15(19)16(13)20/h1-7,17,21H,8-11H2. The van der Waals surface area contributed by atoms with E-state index in [0.717, 1.165) is 42.3 Å². The second-order valence-electron chi connectivity index (χ2n) is 5.35. The molecule has 1 unspecified atom stereocenters. The summed E-state index contributed by atoms with van der Waals surface area (Å²) in [6.45, 7) is 3.80. The molecule has 1 atom stereocenters. The summed E-state index contributed by atoms with van der Waals surface area (Å²) in [7, 11) is 0. The minimum Gasteiger partial charge on any atom is -0.314 e. The zero-order valence-electron chi connectivity index (χ0n) is 12.0. The van der Waals surface area contributed by atoms with Crippen molar-refractivity contribution in [1.29, 1.82) is 0 Å². The molecule has 0 spiro atoms. The van der Waals surface area contributed by atoms with Crippen molar-refractivity contribution in [2.45, 2.75) is 6.04 Å². The van der Waals surface area contributed by atoms with Gasteiger partial charge in [-0.25, -0.2) is 0 Å². The van der Waals surface area contributed by atoms with Gasteiger partial charge in [0.25, 0.3) is 0 Å². The van der Waals surface area contributed by atoms with Crippen molar-refractivity contribution in [3.05, 3.63) is 68.7 Å². The van der Waals surface area contributed by atoms with Gasteiger partial charge in [-0.2, -0.15) is 0 Å². The molecule has 22 heavy (non-hydrogen) atoms. The van der Waals surface area contributed by atoms with Crippen molar-refractivity contribution in [2.75, 3.05) is 26.2 Å². The van der Waals surface area contributed by atoms with Crippen LogP contribution in [0.15, 0.2) is 42.5 Å². The monoisotopic (exact) mass is 354 g/mol. The van der Waals surface area contributed by atoms with Crippen LogP contribution in [0.4, 0.5) is 0 Å². The van der Waals surface area contributed by atoms with E-state index in [2.05, 4.69) is 16.3 Å². The Morgan fingerprint density at radius 2 is 1.45 bits per heavy atom. The third-order valence-electron chi connectivity index (χ3n) is 3.99. The molecular weight excluding hydrogens is 339 g/mol. The first-order valence-electron chi connectivity index (χ1n) is 7.31. The van der Waals surface area contributed by atoms with Gasteiger partial charge in [0, 0.05) is 31.2 Å². The third-order valence-corrected chi connectivity index (χ3v) is 5.17. The maximum atomic E-state index is 6.49. The lowest BCUT2D eigenvalue weighted by Crippen LogP contribution is -2.45. The van der Waals surface area contributed by atoms with Crippen LogP contribution >= 0.6 is 34.8 Å². The van der Waals surface area contributed by atoms with Gasteiger partial charge < -0.3 is 5.32 Å². The molecule has 1 aliphatic heterocycles. The number of halogens is 3. The lowest BCUT2D eigenvalue weighted by atomic mass is 9.96. The molecule has 1 N–H and O–H groups in total. The number of rotatable bonds is 3. The molecule has 0 aromatic heterocycles. The van der Waals surface area contributed by atoms with E-state index in [1.807, 2.05) is 36.4 Å². The summed E-state index contributed by atoms with van der Waals surface area (Å²) in [6.07, 6.45) is 0. The Morgan fingerprint density at radius 1 is 0.818 bits per heavy atom. The third kappa shape index (κ3) is 3.27. The Hall–Kier alpha value is -0.770. The van der Waals surface area contributed by atoms with Crippen molar-refractivity contribution in [1.82, 2.24) is 10.2 Å². The maximum absolute atomic E-state index is 6.49. The first-order chi connectivity index (χ1) is 10.7. The summed E-state index contributed by atoms with van der Waals surface area (Å²) in [5.41, 5.74) is 2.07. The molecule has 2 aromatic carbocycles. The Labute approximate surface area is 146 Å². The van der Waals surface area contributed by atoms with E-state index in [1.165, 1.54) is 0 Å². The van der Waals surface area contributed by atoms with Gasteiger partial charge in [-0.15, -0.1) is 0 Å². The van der Waals surface area contributed by atoms with Crippen LogP contribution in [0.5, 0.6) is 0 Å². The second kappa shape index (κ2) is 7.20. The molecule has 2 nitrogen and oxygen atoms in total. The van der Waals surface area contributed by atoms with Crippen LogP contribution in [0.3, 0.4) is 0 Å². The van der Waals surface area contributed by atoms with Gasteiger partial charge >= 0.3 is 0 Å². The molecule has 1 aliphatic rings. The van der Waals surface area contributed by atoms with E-state index in [1.54, 1.807) is 0 Å². The molecule has 0 radical (unpaired) electrons. The van der Waals surface area contributed by atoms with Gasteiger partial charge in [0.05, 0.1) is 16.1 Å². The molecular formula is C17H17Cl3N2. The minimum absolute atomic E-state index is 0.0157. The van der Waals surface area contributed by atoms with E-state index in [9.17, 15) is 0 Å². The molecule has 0 saturated carbocycles. The number of piperazine rings is 1. The molecule has 116 valence electrons. The fraction of sp³-hybridized carbons (Fsp3) is 0.294. The van der Waals surface area contributed by atoms with Crippen LogP contribution in [-0.4, -0.2) is 31.1 Å². The number of nitrogens with zero attached hydrogens (tertiary/aromatic N) is 1. The fourth-order valence-corrected chi connectivity index (χ4v) is 3.58. The predicted molar refractivity (Wildman–Crippen MR) is 94.2 cm³/mol. The summed E-state index contributed by atoms with van der Waals surface area (Å²) >= 11 is 19.2.